The summed E-state index contributed by atoms with van der Waals surface area (Å²) in [5, 5.41) is 3.76. The van der Waals surface area contributed by atoms with E-state index in [9.17, 15) is 0 Å². The van der Waals surface area contributed by atoms with E-state index in [1.165, 1.54) is 31.2 Å². The Hall–Kier alpha value is -0.760. The van der Waals surface area contributed by atoms with Gasteiger partial charge in [0.25, 0.3) is 0 Å². The minimum Gasteiger partial charge on any atom is -0.466 e. The van der Waals surface area contributed by atoms with E-state index in [4.69, 9.17) is 4.42 Å². The lowest BCUT2D eigenvalue weighted by molar-refractivity contribution is 0.285. The van der Waals surface area contributed by atoms with Crippen LogP contribution in [0.3, 0.4) is 0 Å². The Balaban J connectivity index is 1.96. The zero-order valence-corrected chi connectivity index (χ0v) is 11.5. The van der Waals surface area contributed by atoms with Crippen molar-refractivity contribution >= 4 is 0 Å². The monoisotopic (exact) mass is 235 g/mol. The first-order chi connectivity index (χ1) is 8.06. The van der Waals surface area contributed by atoms with Crippen molar-refractivity contribution in [1.29, 1.82) is 0 Å². The van der Waals surface area contributed by atoms with Gasteiger partial charge in [-0.25, -0.2) is 0 Å². The predicted molar refractivity (Wildman–Crippen MR) is 71.2 cm³/mol. The fourth-order valence-corrected chi connectivity index (χ4v) is 3.11. The summed E-state index contributed by atoms with van der Waals surface area (Å²) in [6.45, 7) is 8.69. The fraction of sp³-hybridized carbons (Fsp3) is 0.733. The number of furan rings is 1. The number of aryl methyl sites for hydroxylation is 2. The first-order valence-corrected chi connectivity index (χ1v) is 6.89. The number of nitrogens with one attached hydrogen (secondary N) is 1. The van der Waals surface area contributed by atoms with E-state index >= 15 is 0 Å². The standard InChI is InChI=1S/C15H25NO/c1-10-6-5-7-14(8-10)16-12(3)15-9-11(2)17-13(15)4/h9-10,12,14,16H,5-8H2,1-4H3. The van der Waals surface area contributed by atoms with Gasteiger partial charge < -0.3 is 9.73 Å². The molecule has 1 aromatic rings. The molecule has 1 aromatic heterocycles. The molecule has 3 unspecified atom stereocenters. The molecule has 2 rings (SSSR count). The molecule has 0 radical (unpaired) electrons. The SMILES string of the molecule is Cc1cc(C(C)NC2CCCC(C)C2)c(C)o1. The van der Waals surface area contributed by atoms with Crippen LogP contribution < -0.4 is 5.32 Å². The molecule has 0 spiro atoms. The minimum atomic E-state index is 0.405. The highest BCUT2D eigenvalue weighted by Crippen LogP contribution is 2.27. The summed E-state index contributed by atoms with van der Waals surface area (Å²) in [6, 6.07) is 3.25. The normalized spacial score (nSPS) is 27.1. The molecule has 1 fully saturated rings. The van der Waals surface area contributed by atoms with Crippen molar-refractivity contribution in [2.45, 2.75) is 65.5 Å². The highest BCUT2D eigenvalue weighted by Gasteiger charge is 2.21. The van der Waals surface area contributed by atoms with E-state index in [-0.39, 0.29) is 0 Å². The molecule has 1 heterocycles. The molecule has 1 saturated carbocycles. The molecule has 2 heteroatoms. The molecule has 3 atom stereocenters. The first kappa shape index (κ1) is 12.7. The highest BCUT2D eigenvalue weighted by molar-refractivity contribution is 5.23. The molecular weight excluding hydrogens is 210 g/mol. The van der Waals surface area contributed by atoms with E-state index < -0.39 is 0 Å². The van der Waals surface area contributed by atoms with Crippen molar-refractivity contribution in [2.24, 2.45) is 5.92 Å². The van der Waals surface area contributed by atoms with Crippen LogP contribution in [-0.2, 0) is 0 Å². The zero-order chi connectivity index (χ0) is 12.4. The van der Waals surface area contributed by atoms with Crippen LogP contribution in [0.25, 0.3) is 0 Å². The second-order valence-corrected chi connectivity index (χ2v) is 5.73. The van der Waals surface area contributed by atoms with Gasteiger partial charge in [-0.05, 0) is 45.6 Å². The van der Waals surface area contributed by atoms with Crippen LogP contribution in [0.15, 0.2) is 10.5 Å². The predicted octanol–water partition coefficient (Wildman–Crippen LogP) is 4.13. The van der Waals surface area contributed by atoms with E-state index in [1.807, 2.05) is 6.92 Å². The van der Waals surface area contributed by atoms with Gasteiger partial charge in [-0.2, -0.15) is 0 Å². The largest absolute Gasteiger partial charge is 0.466 e. The molecule has 1 aliphatic carbocycles. The molecule has 0 aromatic carbocycles. The Morgan fingerprint density at radius 1 is 1.35 bits per heavy atom. The van der Waals surface area contributed by atoms with Crippen molar-refractivity contribution < 1.29 is 4.42 Å². The second kappa shape index (κ2) is 5.26. The fourth-order valence-electron chi connectivity index (χ4n) is 3.11. The summed E-state index contributed by atoms with van der Waals surface area (Å²) in [4.78, 5) is 0. The van der Waals surface area contributed by atoms with Crippen molar-refractivity contribution in [3.8, 4) is 0 Å². The summed E-state index contributed by atoms with van der Waals surface area (Å²) in [5.74, 6) is 2.95. The first-order valence-electron chi connectivity index (χ1n) is 6.89. The smallest absolute Gasteiger partial charge is 0.105 e. The molecular formula is C15H25NO. The van der Waals surface area contributed by atoms with Crippen molar-refractivity contribution in [1.82, 2.24) is 5.32 Å². The molecule has 96 valence electrons. The summed E-state index contributed by atoms with van der Waals surface area (Å²) in [6.07, 6.45) is 5.41. The Labute approximate surface area is 105 Å². The van der Waals surface area contributed by atoms with Crippen LogP contribution in [-0.4, -0.2) is 6.04 Å². The average molecular weight is 235 g/mol. The molecule has 0 amide bonds. The molecule has 17 heavy (non-hydrogen) atoms. The summed E-state index contributed by atoms with van der Waals surface area (Å²) in [7, 11) is 0. The van der Waals surface area contributed by atoms with Gasteiger partial charge in [-0.3, -0.25) is 0 Å². The number of hydrogen-bond acceptors (Lipinski definition) is 2. The third-order valence-electron chi connectivity index (χ3n) is 3.97. The van der Waals surface area contributed by atoms with E-state index in [0.29, 0.717) is 12.1 Å². The lowest BCUT2D eigenvalue weighted by Crippen LogP contribution is -2.35. The minimum absolute atomic E-state index is 0.405. The van der Waals surface area contributed by atoms with Gasteiger partial charge in [0.1, 0.15) is 11.5 Å². The van der Waals surface area contributed by atoms with Gasteiger partial charge in [0.15, 0.2) is 0 Å². The van der Waals surface area contributed by atoms with Gasteiger partial charge in [-0.15, -0.1) is 0 Å². The third kappa shape index (κ3) is 3.12. The maximum atomic E-state index is 5.61. The Bertz CT molecular complexity index is 369. The van der Waals surface area contributed by atoms with Crippen LogP contribution in [0.5, 0.6) is 0 Å². The van der Waals surface area contributed by atoms with Crippen molar-refractivity contribution in [3.63, 3.8) is 0 Å². The van der Waals surface area contributed by atoms with Gasteiger partial charge in [0, 0.05) is 17.6 Å². The Morgan fingerprint density at radius 3 is 2.71 bits per heavy atom. The van der Waals surface area contributed by atoms with Crippen LogP contribution in [0.1, 0.15) is 62.7 Å². The quantitative estimate of drug-likeness (QED) is 0.852. The molecule has 0 saturated heterocycles. The molecule has 1 aliphatic rings. The lowest BCUT2D eigenvalue weighted by atomic mass is 9.86. The summed E-state index contributed by atoms with van der Waals surface area (Å²) in [5.41, 5.74) is 1.32. The third-order valence-corrected chi connectivity index (χ3v) is 3.97. The van der Waals surface area contributed by atoms with Crippen molar-refractivity contribution in [3.05, 3.63) is 23.2 Å². The molecule has 0 bridgehead atoms. The topological polar surface area (TPSA) is 25.2 Å². The number of hydrogen-bond donors (Lipinski definition) is 1. The zero-order valence-electron chi connectivity index (χ0n) is 11.5. The maximum absolute atomic E-state index is 5.61. The van der Waals surface area contributed by atoms with Gasteiger partial charge in [0.2, 0.25) is 0 Å². The Kier molecular flexibility index (Phi) is 3.93. The van der Waals surface area contributed by atoms with E-state index in [0.717, 1.165) is 17.4 Å². The molecule has 1 N–H and O–H groups in total. The average Bonchev–Trinajstić information content (AvgIpc) is 2.58. The lowest BCUT2D eigenvalue weighted by Gasteiger charge is -2.30. The van der Waals surface area contributed by atoms with Gasteiger partial charge >= 0.3 is 0 Å². The van der Waals surface area contributed by atoms with Crippen LogP contribution in [0.2, 0.25) is 0 Å². The highest BCUT2D eigenvalue weighted by atomic mass is 16.3. The number of rotatable bonds is 3. The molecule has 2 nitrogen and oxygen atoms in total. The van der Waals surface area contributed by atoms with Crippen LogP contribution >= 0.6 is 0 Å². The van der Waals surface area contributed by atoms with Crippen molar-refractivity contribution in [2.75, 3.05) is 0 Å². The maximum Gasteiger partial charge on any atom is 0.105 e. The van der Waals surface area contributed by atoms with Gasteiger partial charge in [-0.1, -0.05) is 19.8 Å². The second-order valence-electron chi connectivity index (χ2n) is 5.73. The summed E-state index contributed by atoms with van der Waals surface area (Å²) < 4.78 is 5.61. The van der Waals surface area contributed by atoms with E-state index in [2.05, 4.69) is 32.2 Å². The van der Waals surface area contributed by atoms with Crippen LogP contribution in [0, 0.1) is 19.8 Å². The molecule has 0 aliphatic heterocycles. The van der Waals surface area contributed by atoms with E-state index in [1.54, 1.807) is 0 Å². The van der Waals surface area contributed by atoms with Crippen LogP contribution in [0.4, 0.5) is 0 Å². The Morgan fingerprint density at radius 2 is 2.12 bits per heavy atom. The summed E-state index contributed by atoms with van der Waals surface area (Å²) >= 11 is 0. The van der Waals surface area contributed by atoms with Gasteiger partial charge in [0.05, 0.1) is 0 Å².